The van der Waals surface area contributed by atoms with Gasteiger partial charge in [0.15, 0.2) is 11.5 Å². The summed E-state index contributed by atoms with van der Waals surface area (Å²) >= 11 is 2.15. The van der Waals surface area contributed by atoms with Crippen LogP contribution in [0.3, 0.4) is 0 Å². The van der Waals surface area contributed by atoms with Gasteiger partial charge >= 0.3 is 6.03 Å². The van der Waals surface area contributed by atoms with Crippen molar-refractivity contribution in [3.63, 3.8) is 0 Å². The number of urea groups is 1. The molecule has 19 heavy (non-hydrogen) atoms. The molecule has 6 nitrogen and oxygen atoms in total. The van der Waals surface area contributed by atoms with Crippen molar-refractivity contribution >= 4 is 34.8 Å². The number of carbonyl (C=O) groups excluding carboxylic acids is 1. The van der Waals surface area contributed by atoms with Crippen molar-refractivity contribution in [2.24, 2.45) is 10.8 Å². The van der Waals surface area contributed by atoms with Crippen molar-refractivity contribution < 1.29 is 14.3 Å². The zero-order chi connectivity index (χ0) is 14.4. The minimum atomic E-state index is -0.710. The number of hydrogen-bond acceptors (Lipinski definition) is 4. The molecule has 0 heterocycles. The predicted molar refractivity (Wildman–Crippen MR) is 81.8 cm³/mol. The van der Waals surface area contributed by atoms with Crippen molar-refractivity contribution in [3.8, 4) is 11.5 Å². The summed E-state index contributed by atoms with van der Waals surface area (Å²) < 4.78 is 11.9. The SMILES string of the molecule is COc1cc(/C=N/NC(N)=O)cc(I)c1OC(C)C. The zero-order valence-electron chi connectivity index (χ0n) is 10.9. The van der Waals surface area contributed by atoms with E-state index in [4.69, 9.17) is 15.2 Å². The smallest absolute Gasteiger partial charge is 0.332 e. The van der Waals surface area contributed by atoms with Gasteiger partial charge in [-0.25, -0.2) is 10.2 Å². The Labute approximate surface area is 125 Å². The molecule has 1 aromatic rings. The normalized spacial score (nSPS) is 10.8. The molecule has 0 spiro atoms. The lowest BCUT2D eigenvalue weighted by Crippen LogP contribution is -2.24. The molecular formula is C12H16IN3O3. The molecule has 0 radical (unpaired) electrons. The van der Waals surface area contributed by atoms with E-state index in [1.807, 2.05) is 19.9 Å². The first kappa shape index (κ1) is 15.5. The summed E-state index contributed by atoms with van der Waals surface area (Å²) in [6, 6.07) is 2.93. The minimum Gasteiger partial charge on any atom is -0.493 e. The maximum Gasteiger partial charge on any atom is 0.332 e. The average Bonchev–Trinajstić information content (AvgIpc) is 2.31. The standard InChI is InChI=1S/C12H16IN3O3/c1-7(2)19-11-9(13)4-8(5-10(11)18-3)6-15-16-12(14)17/h4-7H,1-3H3,(H3,14,16,17)/b15-6+. The van der Waals surface area contributed by atoms with Crippen molar-refractivity contribution in [2.45, 2.75) is 20.0 Å². The van der Waals surface area contributed by atoms with Crippen LogP contribution in [0.2, 0.25) is 0 Å². The van der Waals surface area contributed by atoms with E-state index in [1.54, 1.807) is 13.2 Å². The number of amides is 2. The number of nitrogens with zero attached hydrogens (tertiary/aromatic N) is 1. The van der Waals surface area contributed by atoms with Crippen LogP contribution in [-0.2, 0) is 0 Å². The number of methoxy groups -OCH3 is 1. The van der Waals surface area contributed by atoms with Gasteiger partial charge in [0.1, 0.15) is 0 Å². The van der Waals surface area contributed by atoms with Crippen LogP contribution in [0.15, 0.2) is 17.2 Å². The van der Waals surface area contributed by atoms with E-state index in [-0.39, 0.29) is 6.10 Å². The van der Waals surface area contributed by atoms with Gasteiger partial charge in [-0.05, 0) is 54.1 Å². The Kier molecular flexibility index (Phi) is 5.87. The molecular weight excluding hydrogens is 361 g/mol. The van der Waals surface area contributed by atoms with E-state index < -0.39 is 6.03 Å². The lowest BCUT2D eigenvalue weighted by molar-refractivity contribution is 0.228. The highest BCUT2D eigenvalue weighted by atomic mass is 127. The van der Waals surface area contributed by atoms with Crippen LogP contribution in [0.5, 0.6) is 11.5 Å². The molecule has 0 unspecified atom stereocenters. The third-order valence-electron chi connectivity index (χ3n) is 1.99. The van der Waals surface area contributed by atoms with Gasteiger partial charge < -0.3 is 15.2 Å². The van der Waals surface area contributed by atoms with Crippen molar-refractivity contribution in [3.05, 3.63) is 21.3 Å². The third-order valence-corrected chi connectivity index (χ3v) is 2.79. The van der Waals surface area contributed by atoms with E-state index in [2.05, 4.69) is 33.1 Å². The first-order valence-electron chi connectivity index (χ1n) is 5.56. The fourth-order valence-electron chi connectivity index (χ4n) is 1.33. The van der Waals surface area contributed by atoms with Crippen LogP contribution in [0.4, 0.5) is 4.79 Å². The highest BCUT2D eigenvalue weighted by Gasteiger charge is 2.12. The second-order valence-corrected chi connectivity index (χ2v) is 5.10. The number of nitrogens with two attached hydrogens (primary N) is 1. The van der Waals surface area contributed by atoms with Crippen molar-refractivity contribution in [1.82, 2.24) is 5.43 Å². The van der Waals surface area contributed by atoms with Gasteiger partial charge in [-0.3, -0.25) is 0 Å². The van der Waals surface area contributed by atoms with Crippen molar-refractivity contribution in [2.75, 3.05) is 7.11 Å². The Bertz CT molecular complexity index is 489. The molecule has 0 fully saturated rings. The molecule has 3 N–H and O–H groups in total. The van der Waals surface area contributed by atoms with Gasteiger partial charge in [-0.2, -0.15) is 5.10 Å². The number of rotatable bonds is 5. The van der Waals surface area contributed by atoms with E-state index in [0.29, 0.717) is 11.5 Å². The first-order chi connectivity index (χ1) is 8.93. The second-order valence-electron chi connectivity index (χ2n) is 3.93. The number of hydrazone groups is 1. The summed E-state index contributed by atoms with van der Waals surface area (Å²) in [5, 5.41) is 3.70. The topological polar surface area (TPSA) is 85.9 Å². The molecule has 0 atom stereocenters. The number of primary amides is 1. The Morgan fingerprint density at radius 1 is 1.53 bits per heavy atom. The van der Waals surface area contributed by atoms with Gasteiger partial charge in [0.05, 0.1) is 23.0 Å². The molecule has 0 bridgehead atoms. The minimum absolute atomic E-state index is 0.0541. The average molecular weight is 377 g/mol. The Balaban J connectivity index is 3.01. The monoisotopic (exact) mass is 377 g/mol. The molecule has 0 aliphatic rings. The van der Waals surface area contributed by atoms with Gasteiger partial charge in [0.2, 0.25) is 0 Å². The van der Waals surface area contributed by atoms with E-state index >= 15 is 0 Å². The summed E-state index contributed by atoms with van der Waals surface area (Å²) in [6.07, 6.45) is 1.53. The largest absolute Gasteiger partial charge is 0.493 e. The summed E-state index contributed by atoms with van der Waals surface area (Å²) in [5.41, 5.74) is 7.81. The number of nitrogens with one attached hydrogen (secondary N) is 1. The lowest BCUT2D eigenvalue weighted by Gasteiger charge is -2.15. The molecule has 0 saturated heterocycles. The van der Waals surface area contributed by atoms with E-state index in [1.165, 1.54) is 6.21 Å². The van der Waals surface area contributed by atoms with Crippen LogP contribution in [0.1, 0.15) is 19.4 Å². The molecule has 0 saturated carbocycles. The van der Waals surface area contributed by atoms with Gasteiger partial charge in [-0.1, -0.05) is 0 Å². The quantitative estimate of drug-likeness (QED) is 0.468. The van der Waals surface area contributed by atoms with Gasteiger partial charge in [-0.15, -0.1) is 0 Å². The second kappa shape index (κ2) is 7.17. The summed E-state index contributed by atoms with van der Waals surface area (Å²) in [7, 11) is 1.57. The summed E-state index contributed by atoms with van der Waals surface area (Å²) in [5.74, 6) is 1.30. The van der Waals surface area contributed by atoms with Crippen LogP contribution in [-0.4, -0.2) is 25.5 Å². The number of benzene rings is 1. The number of carbonyl (C=O) groups is 1. The first-order valence-corrected chi connectivity index (χ1v) is 6.64. The molecule has 0 aromatic heterocycles. The highest BCUT2D eigenvalue weighted by Crippen LogP contribution is 2.34. The van der Waals surface area contributed by atoms with E-state index in [9.17, 15) is 4.79 Å². The highest BCUT2D eigenvalue weighted by molar-refractivity contribution is 14.1. The van der Waals surface area contributed by atoms with Gasteiger partial charge in [0.25, 0.3) is 0 Å². The van der Waals surface area contributed by atoms with Crippen LogP contribution in [0, 0.1) is 3.57 Å². The van der Waals surface area contributed by atoms with Crippen molar-refractivity contribution in [1.29, 1.82) is 0 Å². The van der Waals surface area contributed by atoms with Crippen LogP contribution >= 0.6 is 22.6 Å². The summed E-state index contributed by atoms with van der Waals surface area (Å²) in [6.45, 7) is 3.89. The molecule has 7 heteroatoms. The Morgan fingerprint density at radius 3 is 2.74 bits per heavy atom. The maximum absolute atomic E-state index is 10.5. The van der Waals surface area contributed by atoms with Crippen LogP contribution in [0.25, 0.3) is 0 Å². The predicted octanol–water partition coefficient (Wildman–Crippen LogP) is 2.09. The number of hydrogen-bond donors (Lipinski definition) is 2. The zero-order valence-corrected chi connectivity index (χ0v) is 13.1. The Hall–Kier alpha value is -1.51. The molecule has 0 aliphatic carbocycles. The van der Waals surface area contributed by atoms with E-state index in [0.717, 1.165) is 9.13 Å². The number of halogens is 1. The molecule has 1 aromatic carbocycles. The fourth-order valence-corrected chi connectivity index (χ4v) is 2.09. The summed E-state index contributed by atoms with van der Waals surface area (Å²) in [4.78, 5) is 10.5. The lowest BCUT2D eigenvalue weighted by atomic mass is 10.2. The molecule has 1 rings (SSSR count). The Morgan fingerprint density at radius 2 is 2.21 bits per heavy atom. The van der Waals surface area contributed by atoms with Gasteiger partial charge in [0, 0.05) is 0 Å². The number of ether oxygens (including phenoxy) is 2. The fraction of sp³-hybridized carbons (Fsp3) is 0.333. The van der Waals surface area contributed by atoms with Crippen LogP contribution < -0.4 is 20.6 Å². The maximum atomic E-state index is 10.5. The molecule has 2 amide bonds. The molecule has 104 valence electrons. The molecule has 0 aliphatic heterocycles. The third kappa shape index (κ3) is 4.93.